The van der Waals surface area contributed by atoms with E-state index in [-0.39, 0.29) is 25.2 Å². The van der Waals surface area contributed by atoms with Gasteiger partial charge < -0.3 is 20.1 Å². The summed E-state index contributed by atoms with van der Waals surface area (Å²) in [6.45, 7) is 4.32. The van der Waals surface area contributed by atoms with Gasteiger partial charge in [-0.15, -0.1) is 0 Å². The minimum atomic E-state index is -0.734. The van der Waals surface area contributed by atoms with Gasteiger partial charge >= 0.3 is 12.0 Å². The number of hydrogen-bond acceptors (Lipinski definition) is 5. The van der Waals surface area contributed by atoms with E-state index in [2.05, 4.69) is 10.6 Å². The quantitative estimate of drug-likeness (QED) is 0.305. The highest BCUT2D eigenvalue weighted by Crippen LogP contribution is 2.32. The zero-order valence-corrected chi connectivity index (χ0v) is 21.7. The predicted octanol–water partition coefficient (Wildman–Crippen LogP) is 5.16. The van der Waals surface area contributed by atoms with Crippen molar-refractivity contribution < 1.29 is 23.9 Å². The van der Waals surface area contributed by atoms with Gasteiger partial charge in [0, 0.05) is 30.6 Å². The van der Waals surface area contributed by atoms with Crippen molar-refractivity contribution in [3.63, 3.8) is 0 Å². The molecular weight excluding hydrogens is 482 g/mol. The van der Waals surface area contributed by atoms with E-state index in [4.69, 9.17) is 9.47 Å². The van der Waals surface area contributed by atoms with Crippen molar-refractivity contribution in [3.8, 4) is 11.1 Å². The summed E-state index contributed by atoms with van der Waals surface area (Å²) in [5, 5.41) is 5.82. The van der Waals surface area contributed by atoms with Crippen LogP contribution in [0.5, 0.6) is 0 Å². The lowest BCUT2D eigenvalue weighted by Crippen LogP contribution is -2.48. The first-order chi connectivity index (χ1) is 18.4. The lowest BCUT2D eigenvalue weighted by atomic mass is 9.94. The summed E-state index contributed by atoms with van der Waals surface area (Å²) >= 11 is 0. The largest absolute Gasteiger partial charge is 0.460 e. The number of benzene rings is 3. The van der Waals surface area contributed by atoms with Crippen LogP contribution in [0.2, 0.25) is 0 Å². The minimum absolute atomic E-state index is 0.0953. The first kappa shape index (κ1) is 26.6. The second-order valence-electron chi connectivity index (χ2n) is 8.78. The van der Waals surface area contributed by atoms with Crippen molar-refractivity contribution in [2.45, 2.75) is 19.9 Å². The number of anilines is 1. The van der Waals surface area contributed by atoms with Gasteiger partial charge in [0.1, 0.15) is 6.61 Å². The molecule has 0 bridgehead atoms. The molecule has 0 radical (unpaired) electrons. The summed E-state index contributed by atoms with van der Waals surface area (Å²) in [5.41, 5.74) is 4.64. The summed E-state index contributed by atoms with van der Waals surface area (Å²) < 4.78 is 10.4. The van der Waals surface area contributed by atoms with Crippen molar-refractivity contribution in [1.29, 1.82) is 0 Å². The summed E-state index contributed by atoms with van der Waals surface area (Å²) in [5.74, 6) is -0.798. The molecule has 2 N–H and O–H groups in total. The Balaban J connectivity index is 1.56. The van der Waals surface area contributed by atoms with Gasteiger partial charge in [-0.2, -0.15) is 0 Å². The smallest absolute Gasteiger partial charge is 0.338 e. The Morgan fingerprint density at radius 2 is 1.66 bits per heavy atom. The predicted molar refractivity (Wildman–Crippen MR) is 145 cm³/mol. The molecule has 1 aliphatic rings. The normalized spacial score (nSPS) is 15.2. The fourth-order valence-electron chi connectivity index (χ4n) is 4.42. The number of rotatable bonds is 9. The van der Waals surface area contributed by atoms with E-state index < -0.39 is 12.0 Å². The van der Waals surface area contributed by atoms with Crippen LogP contribution >= 0.6 is 0 Å². The molecule has 8 heteroatoms. The highest BCUT2D eigenvalue weighted by atomic mass is 16.6. The second-order valence-corrected chi connectivity index (χ2v) is 8.78. The molecule has 38 heavy (non-hydrogen) atoms. The number of esters is 1. The Kier molecular flexibility index (Phi) is 8.55. The van der Waals surface area contributed by atoms with Crippen LogP contribution in [-0.2, 0) is 14.3 Å². The number of methoxy groups -OCH3 is 1. The summed E-state index contributed by atoms with van der Waals surface area (Å²) in [6, 6.07) is 23.3. The molecule has 1 heterocycles. The molecule has 0 unspecified atom stereocenters. The SMILES string of the molecule is CCN1C(=O)N[C@@H](c2cccc(NC(=O)c3ccc(-c4ccccc4)cc3)c2)C(C(=O)OCCOC)=C1C. The summed E-state index contributed by atoms with van der Waals surface area (Å²) in [4.78, 5) is 40.3. The van der Waals surface area contributed by atoms with Crippen LogP contribution < -0.4 is 10.6 Å². The summed E-state index contributed by atoms with van der Waals surface area (Å²) in [7, 11) is 1.53. The van der Waals surface area contributed by atoms with Crippen LogP contribution in [0.4, 0.5) is 10.5 Å². The third-order valence-electron chi connectivity index (χ3n) is 6.39. The van der Waals surface area contributed by atoms with Crippen molar-refractivity contribution in [2.75, 3.05) is 32.2 Å². The monoisotopic (exact) mass is 513 g/mol. The van der Waals surface area contributed by atoms with Crippen LogP contribution in [0.1, 0.15) is 35.8 Å². The van der Waals surface area contributed by atoms with E-state index in [0.717, 1.165) is 11.1 Å². The molecule has 196 valence electrons. The zero-order chi connectivity index (χ0) is 27.1. The first-order valence-electron chi connectivity index (χ1n) is 12.4. The second kappa shape index (κ2) is 12.2. The molecule has 3 aromatic rings. The molecule has 0 saturated carbocycles. The Labute approximate surface area is 222 Å². The fourth-order valence-corrected chi connectivity index (χ4v) is 4.42. The van der Waals surface area contributed by atoms with Crippen molar-refractivity contribution in [1.82, 2.24) is 10.2 Å². The van der Waals surface area contributed by atoms with E-state index in [1.165, 1.54) is 12.0 Å². The maximum absolute atomic E-state index is 13.0. The Hall–Kier alpha value is -4.43. The number of allylic oxidation sites excluding steroid dienone is 1. The molecule has 0 saturated heterocycles. The maximum atomic E-state index is 13.0. The van der Waals surface area contributed by atoms with Gasteiger partial charge in [0.25, 0.3) is 5.91 Å². The maximum Gasteiger partial charge on any atom is 0.338 e. The number of carbonyl (C=O) groups is 3. The third kappa shape index (κ3) is 5.92. The highest BCUT2D eigenvalue weighted by Gasteiger charge is 2.36. The molecule has 4 rings (SSSR count). The van der Waals surface area contributed by atoms with E-state index in [1.807, 2.05) is 49.4 Å². The number of urea groups is 1. The van der Waals surface area contributed by atoms with Crippen molar-refractivity contribution >= 4 is 23.6 Å². The molecule has 1 aliphatic heterocycles. The zero-order valence-electron chi connectivity index (χ0n) is 21.7. The average Bonchev–Trinajstić information content (AvgIpc) is 2.93. The molecule has 8 nitrogen and oxygen atoms in total. The highest BCUT2D eigenvalue weighted by molar-refractivity contribution is 6.04. The van der Waals surface area contributed by atoms with Crippen molar-refractivity contribution in [2.24, 2.45) is 0 Å². The van der Waals surface area contributed by atoms with E-state index in [9.17, 15) is 14.4 Å². The molecule has 1 atom stereocenters. The van der Waals surface area contributed by atoms with Crippen LogP contribution in [0, 0.1) is 0 Å². The van der Waals surface area contributed by atoms with Gasteiger partial charge in [-0.3, -0.25) is 9.69 Å². The van der Waals surface area contributed by atoms with Gasteiger partial charge in [0.05, 0.1) is 18.2 Å². The van der Waals surface area contributed by atoms with E-state index >= 15 is 0 Å². The average molecular weight is 514 g/mol. The molecule has 0 aromatic heterocycles. The topological polar surface area (TPSA) is 97.0 Å². The lowest BCUT2D eigenvalue weighted by Gasteiger charge is -2.35. The number of carbonyl (C=O) groups excluding carboxylic acids is 3. The summed E-state index contributed by atoms with van der Waals surface area (Å²) in [6.07, 6.45) is 0. The van der Waals surface area contributed by atoms with Gasteiger partial charge in [-0.05, 0) is 54.8 Å². The van der Waals surface area contributed by atoms with Crippen LogP contribution in [-0.4, -0.2) is 49.7 Å². The van der Waals surface area contributed by atoms with Gasteiger partial charge in [-0.25, -0.2) is 9.59 Å². The number of nitrogens with zero attached hydrogens (tertiary/aromatic N) is 1. The van der Waals surface area contributed by atoms with E-state index in [1.54, 1.807) is 43.3 Å². The van der Waals surface area contributed by atoms with Gasteiger partial charge in [0.15, 0.2) is 0 Å². The molecule has 3 amide bonds. The number of amides is 3. The molecule has 3 aromatic carbocycles. The lowest BCUT2D eigenvalue weighted by molar-refractivity contribution is -0.140. The first-order valence-corrected chi connectivity index (χ1v) is 12.4. The minimum Gasteiger partial charge on any atom is -0.460 e. The van der Waals surface area contributed by atoms with Gasteiger partial charge in [-0.1, -0.05) is 54.6 Å². The molecule has 0 aliphatic carbocycles. The van der Waals surface area contributed by atoms with Crippen LogP contribution in [0.3, 0.4) is 0 Å². The van der Waals surface area contributed by atoms with Crippen molar-refractivity contribution in [3.05, 3.63) is 101 Å². The van der Waals surface area contributed by atoms with Crippen LogP contribution in [0.15, 0.2) is 90.1 Å². The Morgan fingerprint density at radius 3 is 2.34 bits per heavy atom. The Morgan fingerprint density at radius 1 is 0.947 bits per heavy atom. The van der Waals surface area contributed by atoms with Gasteiger partial charge in [0.2, 0.25) is 0 Å². The number of ether oxygens (including phenoxy) is 2. The standard InChI is InChI=1S/C30H31N3O5/c1-4-33-20(2)26(29(35)38-18-17-37-3)27(32-30(33)36)24-11-8-12-25(19-24)31-28(34)23-15-13-22(14-16-23)21-9-6-5-7-10-21/h5-16,19,27H,4,17-18H2,1-3H3,(H,31,34)(H,32,36)/t27-/m0/s1. The number of hydrogen-bond donors (Lipinski definition) is 2. The fraction of sp³-hybridized carbons (Fsp3) is 0.233. The number of nitrogens with one attached hydrogen (secondary N) is 2. The Bertz CT molecular complexity index is 1340. The third-order valence-corrected chi connectivity index (χ3v) is 6.39. The molecule has 0 fully saturated rings. The molecular formula is C30H31N3O5. The molecule has 0 spiro atoms. The van der Waals surface area contributed by atoms with Crippen LogP contribution in [0.25, 0.3) is 11.1 Å². The van der Waals surface area contributed by atoms with E-state index in [0.29, 0.717) is 34.6 Å².